The van der Waals surface area contributed by atoms with Gasteiger partial charge < -0.3 is 9.73 Å². The molecule has 2 aliphatic rings. The summed E-state index contributed by atoms with van der Waals surface area (Å²) in [5.41, 5.74) is 4.50. The van der Waals surface area contributed by atoms with Crippen molar-refractivity contribution in [2.24, 2.45) is 0 Å². The Morgan fingerprint density at radius 3 is 2.70 bits per heavy atom. The Morgan fingerprint density at radius 1 is 0.900 bits per heavy atom. The first-order chi connectivity index (χ1) is 14.9. The van der Waals surface area contributed by atoms with E-state index in [0.717, 1.165) is 45.6 Å². The van der Waals surface area contributed by atoms with Crippen LogP contribution in [0.3, 0.4) is 0 Å². The highest BCUT2D eigenvalue weighted by atomic mass is 16.3. The lowest BCUT2D eigenvalue weighted by atomic mass is 9.78. The molecule has 1 aliphatic heterocycles. The van der Waals surface area contributed by atoms with E-state index in [-0.39, 0.29) is 0 Å². The van der Waals surface area contributed by atoms with Gasteiger partial charge in [-0.05, 0) is 69.5 Å². The number of benzene rings is 3. The Labute approximate surface area is 177 Å². The standard InChI is InChI=1S/C27H28N2O/c1-2-4-22-19(3-1)5-9-26-23-8-6-21(17-20(23)7-10-25(22)26)24-11-16-30-27(24)18-29-14-12-28-13-15-29/h1-5,7,9-11,16,21,28H,6,8,12-15,17-18H2/t21-/m1/s1. The second-order valence-electron chi connectivity index (χ2n) is 8.85. The third kappa shape index (κ3) is 3.13. The van der Waals surface area contributed by atoms with Crippen LogP contribution < -0.4 is 5.32 Å². The Kier molecular flexibility index (Phi) is 4.59. The van der Waals surface area contributed by atoms with Crippen LogP contribution in [0.15, 0.2) is 65.3 Å². The molecule has 0 radical (unpaired) electrons. The molecule has 0 saturated carbocycles. The summed E-state index contributed by atoms with van der Waals surface area (Å²) in [7, 11) is 0. The van der Waals surface area contributed by atoms with Gasteiger partial charge in [0.05, 0.1) is 12.8 Å². The summed E-state index contributed by atoms with van der Waals surface area (Å²) in [6, 6.07) is 20.3. The fourth-order valence-corrected chi connectivity index (χ4v) is 5.55. The van der Waals surface area contributed by atoms with E-state index in [1.165, 1.54) is 44.9 Å². The molecule has 1 atom stereocenters. The average Bonchev–Trinajstić information content (AvgIpc) is 3.27. The molecule has 3 heteroatoms. The topological polar surface area (TPSA) is 28.4 Å². The number of nitrogens with one attached hydrogen (secondary N) is 1. The zero-order valence-electron chi connectivity index (χ0n) is 17.4. The minimum atomic E-state index is 0.562. The molecular formula is C27H28N2O. The molecule has 1 N–H and O–H groups in total. The number of rotatable bonds is 3. The molecule has 1 aliphatic carbocycles. The summed E-state index contributed by atoms with van der Waals surface area (Å²) < 4.78 is 5.96. The zero-order valence-corrected chi connectivity index (χ0v) is 17.4. The lowest BCUT2D eigenvalue weighted by Gasteiger charge is -2.29. The average molecular weight is 397 g/mol. The van der Waals surface area contributed by atoms with Crippen molar-refractivity contribution in [1.82, 2.24) is 10.2 Å². The van der Waals surface area contributed by atoms with Crippen LogP contribution in [0.2, 0.25) is 0 Å². The molecule has 0 unspecified atom stereocenters. The van der Waals surface area contributed by atoms with Crippen molar-refractivity contribution in [2.45, 2.75) is 31.7 Å². The number of piperazine rings is 1. The van der Waals surface area contributed by atoms with Crippen LogP contribution in [0.1, 0.15) is 34.8 Å². The molecule has 0 bridgehead atoms. The van der Waals surface area contributed by atoms with Crippen LogP contribution in [0.4, 0.5) is 0 Å². The zero-order chi connectivity index (χ0) is 19.9. The number of fused-ring (bicyclic) bond motifs is 5. The summed E-state index contributed by atoms with van der Waals surface area (Å²) in [6.45, 7) is 5.31. The molecule has 4 aromatic rings. The molecule has 6 rings (SSSR count). The van der Waals surface area contributed by atoms with Crippen LogP contribution in [0.5, 0.6) is 0 Å². The molecule has 30 heavy (non-hydrogen) atoms. The summed E-state index contributed by atoms with van der Waals surface area (Å²) in [4.78, 5) is 2.51. The van der Waals surface area contributed by atoms with E-state index in [2.05, 4.69) is 64.8 Å². The van der Waals surface area contributed by atoms with E-state index in [1.807, 2.05) is 6.26 Å². The maximum absolute atomic E-state index is 5.96. The lowest BCUT2D eigenvalue weighted by molar-refractivity contribution is 0.214. The van der Waals surface area contributed by atoms with Crippen molar-refractivity contribution < 1.29 is 4.42 Å². The fourth-order valence-electron chi connectivity index (χ4n) is 5.55. The molecule has 152 valence electrons. The van der Waals surface area contributed by atoms with Gasteiger partial charge in [0.15, 0.2) is 0 Å². The highest BCUT2D eigenvalue weighted by Crippen LogP contribution is 2.39. The number of aryl methyl sites for hydroxylation is 1. The van der Waals surface area contributed by atoms with E-state index < -0.39 is 0 Å². The quantitative estimate of drug-likeness (QED) is 0.479. The van der Waals surface area contributed by atoms with Gasteiger partial charge >= 0.3 is 0 Å². The van der Waals surface area contributed by atoms with Crippen LogP contribution in [-0.4, -0.2) is 31.1 Å². The summed E-state index contributed by atoms with van der Waals surface area (Å²) in [5, 5.41) is 8.97. The monoisotopic (exact) mass is 396 g/mol. The summed E-state index contributed by atoms with van der Waals surface area (Å²) >= 11 is 0. The number of hydrogen-bond acceptors (Lipinski definition) is 3. The molecule has 0 spiro atoms. The van der Waals surface area contributed by atoms with Gasteiger partial charge in [0.25, 0.3) is 0 Å². The molecular weight excluding hydrogens is 368 g/mol. The minimum absolute atomic E-state index is 0.562. The first-order valence-corrected chi connectivity index (χ1v) is 11.3. The first kappa shape index (κ1) is 18.2. The Morgan fingerprint density at radius 2 is 1.77 bits per heavy atom. The van der Waals surface area contributed by atoms with Crippen LogP contribution in [-0.2, 0) is 19.4 Å². The SMILES string of the molecule is c1ccc2c(c1)ccc1c3c(ccc12)C[C@H](c1ccoc1CN1CCNCC1)CC3. The Balaban J connectivity index is 1.31. The molecule has 0 amide bonds. The van der Waals surface area contributed by atoms with Gasteiger partial charge in [-0.1, -0.05) is 48.5 Å². The molecule has 1 fully saturated rings. The van der Waals surface area contributed by atoms with Crippen molar-refractivity contribution in [2.75, 3.05) is 26.2 Å². The molecule has 2 heterocycles. The van der Waals surface area contributed by atoms with E-state index in [9.17, 15) is 0 Å². The van der Waals surface area contributed by atoms with Gasteiger partial charge in [0.1, 0.15) is 5.76 Å². The Hall–Kier alpha value is -2.62. The molecule has 3 nitrogen and oxygen atoms in total. The second kappa shape index (κ2) is 7.57. The fraction of sp³-hybridized carbons (Fsp3) is 0.333. The maximum atomic E-state index is 5.96. The van der Waals surface area contributed by atoms with E-state index in [4.69, 9.17) is 4.42 Å². The summed E-state index contributed by atoms with van der Waals surface area (Å²) in [5.74, 6) is 1.74. The third-order valence-corrected chi connectivity index (χ3v) is 7.14. The van der Waals surface area contributed by atoms with Crippen molar-refractivity contribution >= 4 is 21.5 Å². The number of hydrogen-bond donors (Lipinski definition) is 1. The smallest absolute Gasteiger partial charge is 0.121 e. The normalized spacial score (nSPS) is 19.9. The van der Waals surface area contributed by atoms with Crippen LogP contribution >= 0.6 is 0 Å². The maximum Gasteiger partial charge on any atom is 0.121 e. The number of nitrogens with zero attached hydrogens (tertiary/aromatic N) is 1. The van der Waals surface area contributed by atoms with E-state index >= 15 is 0 Å². The van der Waals surface area contributed by atoms with Gasteiger partial charge in [-0.3, -0.25) is 4.90 Å². The predicted molar refractivity (Wildman–Crippen MR) is 123 cm³/mol. The lowest BCUT2D eigenvalue weighted by Crippen LogP contribution is -2.43. The molecule has 1 aromatic heterocycles. The van der Waals surface area contributed by atoms with Gasteiger partial charge in [0.2, 0.25) is 0 Å². The van der Waals surface area contributed by atoms with Gasteiger partial charge in [-0.15, -0.1) is 0 Å². The minimum Gasteiger partial charge on any atom is -0.468 e. The first-order valence-electron chi connectivity index (χ1n) is 11.3. The van der Waals surface area contributed by atoms with Crippen molar-refractivity contribution in [1.29, 1.82) is 0 Å². The largest absolute Gasteiger partial charge is 0.468 e. The van der Waals surface area contributed by atoms with E-state index in [0.29, 0.717) is 5.92 Å². The second-order valence-corrected chi connectivity index (χ2v) is 8.85. The van der Waals surface area contributed by atoms with Crippen molar-refractivity contribution in [3.8, 4) is 0 Å². The third-order valence-electron chi connectivity index (χ3n) is 7.14. The van der Waals surface area contributed by atoms with Crippen LogP contribution in [0.25, 0.3) is 21.5 Å². The van der Waals surface area contributed by atoms with Gasteiger partial charge in [-0.2, -0.15) is 0 Å². The van der Waals surface area contributed by atoms with E-state index in [1.54, 1.807) is 5.56 Å². The Bertz CT molecular complexity index is 1200. The molecule has 3 aromatic carbocycles. The van der Waals surface area contributed by atoms with Gasteiger partial charge in [-0.25, -0.2) is 0 Å². The number of furan rings is 1. The molecule has 1 saturated heterocycles. The summed E-state index contributed by atoms with van der Waals surface area (Å²) in [6.07, 6.45) is 5.36. The van der Waals surface area contributed by atoms with Crippen LogP contribution in [0, 0.1) is 0 Å². The van der Waals surface area contributed by atoms with Crippen molar-refractivity contribution in [3.05, 3.63) is 83.3 Å². The predicted octanol–water partition coefficient (Wildman–Crippen LogP) is 5.26. The highest BCUT2D eigenvalue weighted by molar-refractivity contribution is 6.08. The van der Waals surface area contributed by atoms with Gasteiger partial charge in [0, 0.05) is 26.2 Å². The highest BCUT2D eigenvalue weighted by Gasteiger charge is 2.26. The van der Waals surface area contributed by atoms with Crippen molar-refractivity contribution in [3.63, 3.8) is 0 Å².